The molecule has 1 unspecified atom stereocenters. The van der Waals surface area contributed by atoms with E-state index < -0.39 is 0 Å². The van der Waals surface area contributed by atoms with Gasteiger partial charge in [0, 0.05) is 31.7 Å². The van der Waals surface area contributed by atoms with E-state index in [0.717, 1.165) is 19.0 Å². The highest BCUT2D eigenvalue weighted by atomic mass is 15.2. The number of rotatable bonds is 8. The van der Waals surface area contributed by atoms with Crippen LogP contribution in [0.4, 0.5) is 0 Å². The maximum atomic E-state index is 3.46. The largest absolute Gasteiger partial charge is 0.314 e. The van der Waals surface area contributed by atoms with E-state index in [1.165, 1.54) is 50.8 Å². The number of hydrogen-bond donors (Lipinski definition) is 1. The Hall–Kier alpha value is -0.860. The molecule has 0 spiro atoms. The molecule has 1 N–H and O–H groups in total. The van der Waals surface area contributed by atoms with E-state index in [-0.39, 0.29) is 0 Å². The monoisotopic (exact) mass is 302 g/mol. The molecule has 0 aliphatic carbocycles. The minimum absolute atomic E-state index is 0.338. The smallest absolute Gasteiger partial charge is 0.0154 e. The van der Waals surface area contributed by atoms with Crippen molar-refractivity contribution in [1.82, 2.24) is 10.2 Å². The second-order valence-electron chi connectivity index (χ2n) is 7.43. The molecule has 2 heteroatoms. The van der Waals surface area contributed by atoms with Crippen LogP contribution in [0, 0.1) is 5.92 Å². The molecule has 0 radical (unpaired) electrons. The number of hydrogen-bond acceptors (Lipinski definition) is 2. The Morgan fingerprint density at radius 3 is 2.41 bits per heavy atom. The predicted molar refractivity (Wildman–Crippen MR) is 96.3 cm³/mol. The maximum absolute atomic E-state index is 3.46. The minimum atomic E-state index is 0.338. The maximum Gasteiger partial charge on any atom is 0.0154 e. The van der Waals surface area contributed by atoms with E-state index >= 15 is 0 Å². The molecule has 1 aromatic rings. The van der Waals surface area contributed by atoms with Gasteiger partial charge in [-0.1, -0.05) is 50.1 Å². The molecule has 0 saturated carbocycles. The lowest BCUT2D eigenvalue weighted by molar-refractivity contribution is 0.0886. The molecule has 2 rings (SSSR count). The molecule has 1 heterocycles. The Kier molecular flexibility index (Phi) is 6.91. The number of nitrogens with zero attached hydrogens (tertiary/aromatic N) is 1. The van der Waals surface area contributed by atoms with Crippen molar-refractivity contribution in [2.45, 2.75) is 58.4 Å². The highest BCUT2D eigenvalue weighted by Gasteiger charge is 2.28. The van der Waals surface area contributed by atoms with Crippen LogP contribution >= 0.6 is 0 Å². The van der Waals surface area contributed by atoms with Crippen LogP contribution in [-0.4, -0.2) is 36.6 Å². The summed E-state index contributed by atoms with van der Waals surface area (Å²) in [5.74, 6) is 0.828. The molecule has 1 aromatic carbocycles. The van der Waals surface area contributed by atoms with Crippen molar-refractivity contribution in [2.75, 3.05) is 26.2 Å². The summed E-state index contributed by atoms with van der Waals surface area (Å²) in [7, 11) is 0. The van der Waals surface area contributed by atoms with E-state index in [2.05, 4.69) is 61.3 Å². The van der Waals surface area contributed by atoms with Crippen LogP contribution in [-0.2, 0) is 6.42 Å². The minimum Gasteiger partial charge on any atom is -0.314 e. The molecule has 2 nitrogen and oxygen atoms in total. The summed E-state index contributed by atoms with van der Waals surface area (Å²) in [5.41, 5.74) is 1.84. The summed E-state index contributed by atoms with van der Waals surface area (Å²) in [6.45, 7) is 11.9. The van der Waals surface area contributed by atoms with E-state index in [9.17, 15) is 0 Å². The third kappa shape index (κ3) is 5.40. The Bertz CT molecular complexity index is 407. The fourth-order valence-electron chi connectivity index (χ4n) is 3.69. The lowest BCUT2D eigenvalue weighted by Gasteiger charge is -2.42. The van der Waals surface area contributed by atoms with Gasteiger partial charge in [0.1, 0.15) is 0 Å². The van der Waals surface area contributed by atoms with Crippen LogP contribution in [0.25, 0.3) is 0 Å². The second-order valence-corrected chi connectivity index (χ2v) is 7.43. The van der Waals surface area contributed by atoms with Gasteiger partial charge in [0.05, 0.1) is 0 Å². The fraction of sp³-hybridized carbons (Fsp3) is 0.700. The zero-order valence-corrected chi connectivity index (χ0v) is 14.8. The van der Waals surface area contributed by atoms with Gasteiger partial charge in [0.25, 0.3) is 0 Å². The summed E-state index contributed by atoms with van der Waals surface area (Å²) in [6.07, 6.45) is 6.55. The summed E-state index contributed by atoms with van der Waals surface area (Å²) in [4.78, 5) is 2.68. The van der Waals surface area contributed by atoms with Crippen LogP contribution in [0.1, 0.15) is 52.0 Å². The van der Waals surface area contributed by atoms with E-state index in [1.54, 1.807) is 0 Å². The average Bonchev–Trinajstić information content (AvgIpc) is 2.55. The molecular formula is C20H34N2. The molecular weight excluding hydrogens is 268 g/mol. The quantitative estimate of drug-likeness (QED) is 0.777. The SMILES string of the molecule is CCCC(CCC(C)(C)N1CCNCC1)Cc1ccccc1. The molecule has 0 bridgehead atoms. The van der Waals surface area contributed by atoms with Crippen molar-refractivity contribution in [3.05, 3.63) is 35.9 Å². The molecule has 0 amide bonds. The first-order valence-corrected chi connectivity index (χ1v) is 9.11. The van der Waals surface area contributed by atoms with Gasteiger partial charge in [-0.2, -0.15) is 0 Å². The lowest BCUT2D eigenvalue weighted by atomic mass is 9.85. The van der Waals surface area contributed by atoms with Crippen LogP contribution in [0.3, 0.4) is 0 Å². The first-order valence-electron chi connectivity index (χ1n) is 9.11. The summed E-state index contributed by atoms with van der Waals surface area (Å²) in [6, 6.07) is 11.0. The molecule has 1 atom stereocenters. The van der Waals surface area contributed by atoms with Crippen LogP contribution in [0.5, 0.6) is 0 Å². The Balaban J connectivity index is 1.87. The Morgan fingerprint density at radius 1 is 1.09 bits per heavy atom. The standard InChI is InChI=1S/C20H34N2/c1-4-8-18(17-19-9-6-5-7-10-19)11-12-20(2,3)22-15-13-21-14-16-22/h5-7,9-10,18,21H,4,8,11-17H2,1-3H3. The Morgan fingerprint density at radius 2 is 1.77 bits per heavy atom. The van der Waals surface area contributed by atoms with Gasteiger partial charge in [0.2, 0.25) is 0 Å². The molecule has 1 saturated heterocycles. The Labute approximate surface area is 137 Å². The normalized spacial score (nSPS) is 18.3. The first-order chi connectivity index (χ1) is 10.6. The summed E-state index contributed by atoms with van der Waals surface area (Å²) in [5, 5.41) is 3.46. The van der Waals surface area contributed by atoms with Gasteiger partial charge in [-0.3, -0.25) is 4.90 Å². The van der Waals surface area contributed by atoms with Gasteiger partial charge in [0.15, 0.2) is 0 Å². The van der Waals surface area contributed by atoms with E-state index in [4.69, 9.17) is 0 Å². The summed E-state index contributed by atoms with van der Waals surface area (Å²) >= 11 is 0. The highest BCUT2D eigenvalue weighted by molar-refractivity contribution is 5.15. The molecule has 124 valence electrons. The van der Waals surface area contributed by atoms with E-state index in [1.807, 2.05) is 0 Å². The molecule has 1 fully saturated rings. The third-order valence-electron chi connectivity index (χ3n) is 5.20. The predicted octanol–water partition coefficient (Wildman–Crippen LogP) is 4.11. The summed E-state index contributed by atoms with van der Waals surface area (Å²) < 4.78 is 0. The number of benzene rings is 1. The van der Waals surface area contributed by atoms with Crippen molar-refractivity contribution in [2.24, 2.45) is 5.92 Å². The molecule has 22 heavy (non-hydrogen) atoms. The average molecular weight is 303 g/mol. The van der Waals surface area contributed by atoms with Crippen LogP contribution in [0.2, 0.25) is 0 Å². The third-order valence-corrected chi connectivity index (χ3v) is 5.20. The fourth-order valence-corrected chi connectivity index (χ4v) is 3.69. The van der Waals surface area contributed by atoms with Crippen molar-refractivity contribution in [3.8, 4) is 0 Å². The van der Waals surface area contributed by atoms with Crippen LogP contribution in [0.15, 0.2) is 30.3 Å². The van der Waals surface area contributed by atoms with Crippen molar-refractivity contribution >= 4 is 0 Å². The zero-order valence-electron chi connectivity index (χ0n) is 14.8. The second kappa shape index (κ2) is 8.69. The zero-order chi connectivity index (χ0) is 15.8. The van der Waals surface area contributed by atoms with Gasteiger partial charge in [-0.15, -0.1) is 0 Å². The van der Waals surface area contributed by atoms with Crippen molar-refractivity contribution < 1.29 is 0 Å². The lowest BCUT2D eigenvalue weighted by Crippen LogP contribution is -2.53. The van der Waals surface area contributed by atoms with Gasteiger partial charge in [-0.05, 0) is 44.6 Å². The molecule has 0 aromatic heterocycles. The van der Waals surface area contributed by atoms with Gasteiger partial charge >= 0.3 is 0 Å². The molecule has 1 aliphatic heterocycles. The van der Waals surface area contributed by atoms with Crippen molar-refractivity contribution in [3.63, 3.8) is 0 Å². The molecule has 1 aliphatic rings. The van der Waals surface area contributed by atoms with Crippen LogP contribution < -0.4 is 5.32 Å². The van der Waals surface area contributed by atoms with E-state index in [0.29, 0.717) is 5.54 Å². The highest BCUT2D eigenvalue weighted by Crippen LogP contribution is 2.27. The number of piperazine rings is 1. The topological polar surface area (TPSA) is 15.3 Å². The van der Waals surface area contributed by atoms with Gasteiger partial charge < -0.3 is 5.32 Å². The van der Waals surface area contributed by atoms with Gasteiger partial charge in [-0.25, -0.2) is 0 Å². The van der Waals surface area contributed by atoms with Crippen molar-refractivity contribution in [1.29, 1.82) is 0 Å². The first kappa shape index (κ1) is 17.5. The number of nitrogens with one attached hydrogen (secondary N) is 1.